The highest BCUT2D eigenvalue weighted by molar-refractivity contribution is 7.21. The summed E-state index contributed by atoms with van der Waals surface area (Å²) in [7, 11) is 1.65. The van der Waals surface area contributed by atoms with Crippen LogP contribution in [-0.4, -0.2) is 43.2 Å². The Morgan fingerprint density at radius 2 is 1.89 bits per heavy atom. The highest BCUT2D eigenvalue weighted by Gasteiger charge is 2.14. The number of hydrogen-bond acceptors (Lipinski definition) is 6. The normalized spacial score (nSPS) is 14.2. The van der Waals surface area contributed by atoms with Gasteiger partial charge in [-0.2, -0.15) is 0 Å². The minimum Gasteiger partial charge on any atom is -0.497 e. The number of anilines is 1. The molecule has 0 saturated carbocycles. The van der Waals surface area contributed by atoms with E-state index < -0.39 is 0 Å². The van der Waals surface area contributed by atoms with E-state index >= 15 is 0 Å². The number of rotatable bonds is 9. The summed E-state index contributed by atoms with van der Waals surface area (Å²) in [6, 6.07) is 19.2. The lowest BCUT2D eigenvalue weighted by molar-refractivity contribution is 0.180. The lowest BCUT2D eigenvalue weighted by Crippen LogP contribution is -2.33. The fraction of sp³-hybridized carbons (Fsp3) is 0.321. The van der Waals surface area contributed by atoms with Crippen LogP contribution >= 0.6 is 11.3 Å². The molecule has 1 aromatic heterocycles. The molecule has 0 radical (unpaired) electrons. The Hall–Kier alpha value is -3.16. The van der Waals surface area contributed by atoms with Gasteiger partial charge >= 0.3 is 0 Å². The average molecular weight is 492 g/mol. The summed E-state index contributed by atoms with van der Waals surface area (Å²) < 4.78 is 27.0. The number of methoxy groups -OCH3 is 1. The Labute approximate surface area is 209 Å². The number of aromatic nitrogens is 1. The van der Waals surface area contributed by atoms with Gasteiger partial charge in [-0.05, 0) is 67.9 Å². The van der Waals surface area contributed by atoms with Crippen molar-refractivity contribution in [1.82, 2.24) is 9.88 Å². The fourth-order valence-electron chi connectivity index (χ4n) is 4.41. The Kier molecular flexibility index (Phi) is 7.45. The third kappa shape index (κ3) is 5.74. The molecule has 35 heavy (non-hydrogen) atoms. The predicted molar refractivity (Wildman–Crippen MR) is 141 cm³/mol. The number of benzene rings is 3. The molecular weight excluding hydrogens is 461 g/mol. The first-order chi connectivity index (χ1) is 17.2. The van der Waals surface area contributed by atoms with Crippen LogP contribution in [0.3, 0.4) is 0 Å². The number of thiazole rings is 1. The predicted octanol–water partition coefficient (Wildman–Crippen LogP) is 6.59. The van der Waals surface area contributed by atoms with Gasteiger partial charge in [0.25, 0.3) is 0 Å². The van der Waals surface area contributed by atoms with Crippen LogP contribution < -0.4 is 14.8 Å². The molecule has 5 rings (SSSR count). The molecule has 1 aliphatic heterocycles. The fourth-order valence-corrected chi connectivity index (χ4v) is 5.41. The summed E-state index contributed by atoms with van der Waals surface area (Å²) in [4.78, 5) is 7.19. The summed E-state index contributed by atoms with van der Waals surface area (Å²) in [5.41, 5.74) is 3.70. The number of halogens is 1. The zero-order chi connectivity index (χ0) is 24.0. The van der Waals surface area contributed by atoms with E-state index in [1.807, 2.05) is 42.5 Å². The first-order valence-electron chi connectivity index (χ1n) is 12.1. The van der Waals surface area contributed by atoms with Crippen LogP contribution in [0.5, 0.6) is 11.5 Å². The molecular formula is C28H30FN3O2S. The van der Waals surface area contributed by atoms with E-state index in [0.29, 0.717) is 18.9 Å². The van der Waals surface area contributed by atoms with Crippen molar-refractivity contribution >= 4 is 27.2 Å². The van der Waals surface area contributed by atoms with Crippen molar-refractivity contribution in [1.29, 1.82) is 0 Å². The molecule has 1 fully saturated rings. The minimum atomic E-state index is -0.333. The van der Waals surface area contributed by atoms with Crippen LogP contribution in [-0.2, 0) is 6.54 Å². The van der Waals surface area contributed by atoms with E-state index in [0.717, 1.165) is 57.4 Å². The van der Waals surface area contributed by atoms with Crippen molar-refractivity contribution in [3.63, 3.8) is 0 Å². The van der Waals surface area contributed by atoms with E-state index in [9.17, 15) is 4.39 Å². The second-order valence-electron chi connectivity index (χ2n) is 8.77. The molecule has 0 amide bonds. The maximum absolute atomic E-state index is 14.7. The SMILES string of the molecule is COc1ccc(-c2nc3ccccc3s2)c(NCc2ccc(OCCN3CCCCC3)c(F)c2)c1. The quantitative estimate of drug-likeness (QED) is 0.286. The molecule has 0 unspecified atom stereocenters. The van der Waals surface area contributed by atoms with Crippen LogP contribution in [0, 0.1) is 5.82 Å². The Balaban J connectivity index is 1.26. The van der Waals surface area contributed by atoms with Gasteiger partial charge in [0.1, 0.15) is 17.4 Å². The smallest absolute Gasteiger partial charge is 0.165 e. The maximum atomic E-state index is 14.7. The lowest BCUT2D eigenvalue weighted by Gasteiger charge is -2.26. The minimum absolute atomic E-state index is 0.308. The van der Waals surface area contributed by atoms with Gasteiger partial charge in [0, 0.05) is 30.4 Å². The Morgan fingerprint density at radius 1 is 1.03 bits per heavy atom. The highest BCUT2D eigenvalue weighted by atomic mass is 32.1. The average Bonchev–Trinajstić information content (AvgIpc) is 3.33. The molecule has 0 aliphatic carbocycles. The van der Waals surface area contributed by atoms with Gasteiger partial charge in [0.05, 0.1) is 17.3 Å². The summed E-state index contributed by atoms with van der Waals surface area (Å²) in [5.74, 6) is 0.725. The van der Waals surface area contributed by atoms with E-state index in [-0.39, 0.29) is 5.82 Å². The van der Waals surface area contributed by atoms with Crippen molar-refractivity contribution in [2.45, 2.75) is 25.8 Å². The third-order valence-corrected chi connectivity index (χ3v) is 7.41. The second-order valence-corrected chi connectivity index (χ2v) is 9.80. The number of likely N-dealkylation sites (tertiary alicyclic amines) is 1. The zero-order valence-corrected chi connectivity index (χ0v) is 20.7. The standard InChI is InChI=1S/C28H30FN3O2S/c1-33-21-10-11-22(28-31-24-7-3-4-8-27(24)35-28)25(18-21)30-19-20-9-12-26(23(29)17-20)34-16-15-32-13-5-2-6-14-32/h3-4,7-12,17-18,30H,2,5-6,13-16,19H2,1H3. The van der Waals surface area contributed by atoms with Crippen molar-refractivity contribution in [2.24, 2.45) is 0 Å². The number of fused-ring (bicyclic) bond motifs is 1. The van der Waals surface area contributed by atoms with Crippen LogP contribution in [0.25, 0.3) is 20.8 Å². The van der Waals surface area contributed by atoms with Crippen molar-refractivity contribution in [3.8, 4) is 22.1 Å². The van der Waals surface area contributed by atoms with Crippen LogP contribution in [0.2, 0.25) is 0 Å². The molecule has 0 spiro atoms. The number of hydrogen-bond donors (Lipinski definition) is 1. The van der Waals surface area contributed by atoms with Gasteiger partial charge < -0.3 is 14.8 Å². The molecule has 1 N–H and O–H groups in total. The second kappa shape index (κ2) is 11.1. The van der Waals surface area contributed by atoms with E-state index in [1.54, 1.807) is 30.6 Å². The van der Waals surface area contributed by atoms with Crippen molar-refractivity contribution in [2.75, 3.05) is 38.7 Å². The molecule has 1 saturated heterocycles. The van der Waals surface area contributed by atoms with Crippen LogP contribution in [0.4, 0.5) is 10.1 Å². The Bertz CT molecular complexity index is 1250. The van der Waals surface area contributed by atoms with Gasteiger partial charge in [0.15, 0.2) is 11.6 Å². The molecule has 1 aliphatic rings. The number of ether oxygens (including phenoxy) is 2. The van der Waals surface area contributed by atoms with E-state index in [1.165, 1.54) is 19.3 Å². The molecule has 0 bridgehead atoms. The summed E-state index contributed by atoms with van der Waals surface area (Å²) >= 11 is 1.65. The first kappa shape index (κ1) is 23.6. The van der Waals surface area contributed by atoms with Crippen molar-refractivity contribution < 1.29 is 13.9 Å². The third-order valence-electron chi connectivity index (χ3n) is 6.34. The maximum Gasteiger partial charge on any atom is 0.165 e. The molecule has 182 valence electrons. The van der Waals surface area contributed by atoms with Crippen molar-refractivity contribution in [3.05, 3.63) is 72.0 Å². The van der Waals surface area contributed by atoms with Gasteiger partial charge in [-0.1, -0.05) is 24.6 Å². The molecule has 5 nitrogen and oxygen atoms in total. The Morgan fingerprint density at radius 3 is 2.69 bits per heavy atom. The van der Waals surface area contributed by atoms with Gasteiger partial charge in [0.2, 0.25) is 0 Å². The first-order valence-corrected chi connectivity index (χ1v) is 12.9. The van der Waals surface area contributed by atoms with Gasteiger partial charge in [-0.25, -0.2) is 9.37 Å². The van der Waals surface area contributed by atoms with Crippen LogP contribution in [0.15, 0.2) is 60.7 Å². The monoisotopic (exact) mass is 491 g/mol. The largest absolute Gasteiger partial charge is 0.497 e. The number of nitrogens with one attached hydrogen (secondary N) is 1. The lowest BCUT2D eigenvalue weighted by atomic mass is 10.1. The molecule has 2 heterocycles. The van der Waals surface area contributed by atoms with Gasteiger partial charge in [-0.3, -0.25) is 4.90 Å². The molecule has 4 aromatic rings. The summed E-state index contributed by atoms with van der Waals surface area (Å²) in [5, 5.41) is 4.38. The van der Waals surface area contributed by atoms with Gasteiger partial charge in [-0.15, -0.1) is 11.3 Å². The highest BCUT2D eigenvalue weighted by Crippen LogP contribution is 2.36. The number of nitrogens with zero attached hydrogens (tertiary/aromatic N) is 2. The number of para-hydroxylation sites is 1. The summed E-state index contributed by atoms with van der Waals surface area (Å²) in [6.45, 7) is 4.03. The summed E-state index contributed by atoms with van der Waals surface area (Å²) in [6.07, 6.45) is 3.79. The molecule has 0 atom stereocenters. The zero-order valence-electron chi connectivity index (χ0n) is 19.9. The number of piperidine rings is 1. The van der Waals surface area contributed by atoms with E-state index in [4.69, 9.17) is 14.5 Å². The van der Waals surface area contributed by atoms with Crippen LogP contribution in [0.1, 0.15) is 24.8 Å². The molecule has 3 aromatic carbocycles. The van der Waals surface area contributed by atoms with E-state index in [2.05, 4.69) is 16.3 Å². The molecule has 7 heteroatoms. The topological polar surface area (TPSA) is 46.6 Å².